The van der Waals surface area contributed by atoms with Crippen molar-refractivity contribution in [3.05, 3.63) is 30.1 Å². The van der Waals surface area contributed by atoms with Gasteiger partial charge in [0, 0.05) is 17.8 Å². The molecule has 4 N–H and O–H groups in total. The molecule has 1 spiro atoms. The lowest BCUT2D eigenvalue weighted by atomic mass is 9.52. The van der Waals surface area contributed by atoms with E-state index in [4.69, 9.17) is 5.11 Å². The summed E-state index contributed by atoms with van der Waals surface area (Å²) in [4.78, 5) is 22.3. The normalized spacial score (nSPS) is 29.1. The Kier molecular flexibility index (Phi) is 3.64. The third kappa shape index (κ3) is 3.13. The van der Waals surface area contributed by atoms with Crippen LogP contribution in [0.1, 0.15) is 25.7 Å². The Balaban J connectivity index is 1.38. The van der Waals surface area contributed by atoms with Crippen LogP contribution in [-0.4, -0.2) is 29.3 Å². The van der Waals surface area contributed by atoms with Crippen molar-refractivity contribution < 1.29 is 19.1 Å². The van der Waals surface area contributed by atoms with Gasteiger partial charge in [-0.3, -0.25) is 0 Å². The summed E-state index contributed by atoms with van der Waals surface area (Å²) in [6, 6.07) is 5.45. The lowest BCUT2D eigenvalue weighted by molar-refractivity contribution is -0.0233. The van der Waals surface area contributed by atoms with Crippen LogP contribution in [0.15, 0.2) is 24.3 Å². The Labute approximate surface area is 127 Å². The zero-order valence-corrected chi connectivity index (χ0v) is 11.9. The van der Waals surface area contributed by atoms with Gasteiger partial charge in [0.1, 0.15) is 5.82 Å². The molecule has 3 amide bonds. The molecule has 22 heavy (non-hydrogen) atoms. The van der Waals surface area contributed by atoms with Crippen LogP contribution >= 0.6 is 0 Å². The van der Waals surface area contributed by atoms with Gasteiger partial charge in [0.15, 0.2) is 0 Å². The van der Waals surface area contributed by atoms with Crippen molar-refractivity contribution in [1.82, 2.24) is 10.6 Å². The van der Waals surface area contributed by atoms with Gasteiger partial charge < -0.3 is 21.1 Å². The van der Waals surface area contributed by atoms with Gasteiger partial charge in [-0.25, -0.2) is 14.0 Å². The minimum Gasteiger partial charge on any atom is -0.465 e. The SMILES string of the molecule is O=C(O)NC1CC2(C1)CC(NC(=O)Nc1ccc(F)cc1)C2. The largest absolute Gasteiger partial charge is 0.465 e. The maximum Gasteiger partial charge on any atom is 0.404 e. The van der Waals surface area contributed by atoms with Gasteiger partial charge >= 0.3 is 12.1 Å². The van der Waals surface area contributed by atoms with Crippen molar-refractivity contribution >= 4 is 17.8 Å². The second-order valence-electron chi connectivity index (χ2n) is 6.27. The lowest BCUT2D eigenvalue weighted by Crippen LogP contribution is -2.61. The van der Waals surface area contributed by atoms with E-state index in [1.165, 1.54) is 24.3 Å². The Morgan fingerprint density at radius 1 is 1.05 bits per heavy atom. The summed E-state index contributed by atoms with van der Waals surface area (Å²) in [5, 5.41) is 16.7. The number of carbonyl (C=O) groups excluding carboxylic acids is 1. The molecule has 0 saturated heterocycles. The number of carbonyl (C=O) groups is 2. The number of carboxylic acid groups (broad SMARTS) is 1. The van der Waals surface area contributed by atoms with Gasteiger partial charge in [-0.2, -0.15) is 0 Å². The summed E-state index contributed by atoms with van der Waals surface area (Å²) >= 11 is 0. The van der Waals surface area contributed by atoms with E-state index < -0.39 is 6.09 Å². The molecule has 2 saturated carbocycles. The number of hydrogen-bond acceptors (Lipinski definition) is 2. The molecule has 0 heterocycles. The summed E-state index contributed by atoms with van der Waals surface area (Å²) in [5.41, 5.74) is 0.739. The molecule has 0 radical (unpaired) electrons. The summed E-state index contributed by atoms with van der Waals surface area (Å²) in [6.45, 7) is 0. The first-order valence-corrected chi connectivity index (χ1v) is 7.27. The van der Waals surface area contributed by atoms with Crippen molar-refractivity contribution in [2.24, 2.45) is 5.41 Å². The summed E-state index contributed by atoms with van der Waals surface area (Å²) in [5.74, 6) is -0.346. The molecule has 3 rings (SSSR count). The molecule has 0 bridgehead atoms. The van der Waals surface area contributed by atoms with E-state index in [9.17, 15) is 14.0 Å². The second kappa shape index (κ2) is 5.47. The van der Waals surface area contributed by atoms with Crippen molar-refractivity contribution in [3.63, 3.8) is 0 Å². The highest BCUT2D eigenvalue weighted by atomic mass is 19.1. The maximum atomic E-state index is 12.8. The van der Waals surface area contributed by atoms with Crippen LogP contribution in [0.2, 0.25) is 0 Å². The van der Waals surface area contributed by atoms with E-state index in [0.717, 1.165) is 25.7 Å². The minimum absolute atomic E-state index is 0.0477. The van der Waals surface area contributed by atoms with E-state index in [-0.39, 0.29) is 29.3 Å². The predicted octanol–water partition coefficient (Wildman–Crippen LogP) is 2.53. The van der Waals surface area contributed by atoms with Crippen molar-refractivity contribution in [1.29, 1.82) is 0 Å². The molecule has 6 nitrogen and oxygen atoms in total. The number of halogens is 1. The molecular formula is C15H18FN3O3. The Morgan fingerprint density at radius 2 is 1.59 bits per heavy atom. The standard InChI is InChI=1S/C15H18FN3O3/c16-9-1-3-10(4-2-9)17-13(20)18-11-5-15(6-11)7-12(8-15)19-14(21)22/h1-4,11-12,19H,5-8H2,(H,21,22)(H2,17,18,20). The molecule has 7 heteroatoms. The minimum atomic E-state index is -0.979. The highest BCUT2D eigenvalue weighted by molar-refractivity contribution is 5.89. The van der Waals surface area contributed by atoms with E-state index in [1.807, 2.05) is 0 Å². The lowest BCUT2D eigenvalue weighted by Gasteiger charge is -2.57. The summed E-state index contributed by atoms with van der Waals surface area (Å²) in [7, 11) is 0. The number of amides is 3. The van der Waals surface area contributed by atoms with E-state index in [1.54, 1.807) is 0 Å². The van der Waals surface area contributed by atoms with E-state index in [2.05, 4.69) is 16.0 Å². The van der Waals surface area contributed by atoms with Crippen LogP contribution in [-0.2, 0) is 0 Å². The third-order valence-corrected chi connectivity index (χ3v) is 4.48. The van der Waals surface area contributed by atoms with Crippen molar-refractivity contribution in [3.8, 4) is 0 Å². The summed E-state index contributed by atoms with van der Waals surface area (Å²) < 4.78 is 12.8. The zero-order valence-electron chi connectivity index (χ0n) is 11.9. The quantitative estimate of drug-likeness (QED) is 0.691. The summed E-state index contributed by atoms with van der Waals surface area (Å²) in [6.07, 6.45) is 2.46. The van der Waals surface area contributed by atoms with Crippen LogP contribution in [0.4, 0.5) is 19.7 Å². The van der Waals surface area contributed by atoms with Gasteiger partial charge in [0.25, 0.3) is 0 Å². The van der Waals surface area contributed by atoms with E-state index in [0.29, 0.717) is 5.69 Å². The molecule has 118 valence electrons. The molecule has 0 unspecified atom stereocenters. The molecule has 1 aromatic rings. The first kappa shape index (κ1) is 14.6. The Bertz CT molecular complexity index is 576. The molecule has 0 aromatic heterocycles. The highest BCUT2D eigenvalue weighted by Gasteiger charge is 2.53. The number of urea groups is 1. The fourth-order valence-corrected chi connectivity index (χ4v) is 3.57. The Hall–Kier alpha value is -2.31. The van der Waals surface area contributed by atoms with Gasteiger partial charge in [-0.1, -0.05) is 0 Å². The molecule has 0 aliphatic heterocycles. The van der Waals surface area contributed by atoms with E-state index >= 15 is 0 Å². The monoisotopic (exact) mass is 307 g/mol. The highest BCUT2D eigenvalue weighted by Crippen LogP contribution is 2.55. The van der Waals surface area contributed by atoms with Crippen LogP contribution in [0, 0.1) is 11.2 Å². The fraction of sp³-hybridized carbons (Fsp3) is 0.467. The molecule has 0 atom stereocenters. The predicted molar refractivity (Wildman–Crippen MR) is 78.2 cm³/mol. The van der Waals surface area contributed by atoms with Crippen LogP contribution in [0.5, 0.6) is 0 Å². The first-order chi connectivity index (χ1) is 10.4. The second-order valence-corrected chi connectivity index (χ2v) is 6.27. The van der Waals surface area contributed by atoms with Crippen molar-refractivity contribution in [2.45, 2.75) is 37.8 Å². The topological polar surface area (TPSA) is 90.5 Å². The van der Waals surface area contributed by atoms with Crippen LogP contribution in [0.3, 0.4) is 0 Å². The first-order valence-electron chi connectivity index (χ1n) is 7.27. The average molecular weight is 307 g/mol. The van der Waals surface area contributed by atoms with Gasteiger partial charge in [-0.05, 0) is 55.4 Å². The number of anilines is 1. The van der Waals surface area contributed by atoms with Gasteiger partial charge in [0.05, 0.1) is 0 Å². The molecule has 1 aromatic carbocycles. The number of hydrogen-bond donors (Lipinski definition) is 4. The maximum absolute atomic E-state index is 12.8. The van der Waals surface area contributed by atoms with Gasteiger partial charge in [0.2, 0.25) is 0 Å². The van der Waals surface area contributed by atoms with Crippen molar-refractivity contribution in [2.75, 3.05) is 5.32 Å². The Morgan fingerprint density at radius 3 is 2.14 bits per heavy atom. The number of nitrogens with one attached hydrogen (secondary N) is 3. The molecule has 2 fully saturated rings. The average Bonchev–Trinajstić information content (AvgIpc) is 2.36. The number of benzene rings is 1. The zero-order chi connectivity index (χ0) is 15.7. The third-order valence-electron chi connectivity index (χ3n) is 4.48. The number of rotatable bonds is 3. The molecular weight excluding hydrogens is 289 g/mol. The smallest absolute Gasteiger partial charge is 0.404 e. The van der Waals surface area contributed by atoms with Crippen LogP contribution in [0.25, 0.3) is 0 Å². The molecule has 2 aliphatic carbocycles. The fourth-order valence-electron chi connectivity index (χ4n) is 3.57. The van der Waals surface area contributed by atoms with Gasteiger partial charge in [-0.15, -0.1) is 0 Å². The molecule has 2 aliphatic rings. The van der Waals surface area contributed by atoms with Crippen LogP contribution < -0.4 is 16.0 Å².